The van der Waals surface area contributed by atoms with Crippen molar-refractivity contribution in [2.45, 2.75) is 64.2 Å². The van der Waals surface area contributed by atoms with E-state index in [9.17, 15) is 9.90 Å². The summed E-state index contributed by atoms with van der Waals surface area (Å²) in [5, 5.41) is 9.58. The highest BCUT2D eigenvalue weighted by atomic mass is 16.3. The molecule has 20 heavy (non-hydrogen) atoms. The summed E-state index contributed by atoms with van der Waals surface area (Å²) in [6, 6.07) is 0. The van der Waals surface area contributed by atoms with Crippen LogP contribution in [0.15, 0.2) is 33.9 Å². The van der Waals surface area contributed by atoms with Crippen LogP contribution in [0, 0.1) is 0 Å². The van der Waals surface area contributed by atoms with Gasteiger partial charge < -0.3 is 5.11 Å². The number of aliphatic hydroxyl groups is 1. The first-order valence-corrected chi connectivity index (χ1v) is 8.09. The summed E-state index contributed by atoms with van der Waals surface area (Å²) in [4.78, 5) is 12.7. The van der Waals surface area contributed by atoms with Crippen LogP contribution >= 0.6 is 0 Å². The van der Waals surface area contributed by atoms with E-state index in [4.69, 9.17) is 0 Å². The van der Waals surface area contributed by atoms with Crippen molar-refractivity contribution >= 4 is 5.78 Å². The van der Waals surface area contributed by atoms with Crippen molar-refractivity contribution in [1.82, 2.24) is 0 Å². The first kappa shape index (κ1) is 13.8. The molecule has 0 heterocycles. The maximum atomic E-state index is 12.7. The van der Waals surface area contributed by atoms with Gasteiger partial charge in [0.05, 0.1) is 6.61 Å². The number of ketones is 1. The fourth-order valence-corrected chi connectivity index (χ4v) is 3.90. The number of Topliss-reactive ketones (excluding diaryl/α,β-unsaturated/α-hetero) is 1. The third kappa shape index (κ3) is 2.54. The van der Waals surface area contributed by atoms with Crippen molar-refractivity contribution in [3.63, 3.8) is 0 Å². The number of carbonyl (C=O) groups is 1. The van der Waals surface area contributed by atoms with Gasteiger partial charge in [0.2, 0.25) is 0 Å². The Hall–Kier alpha value is -1.15. The summed E-state index contributed by atoms with van der Waals surface area (Å²) < 4.78 is 0. The topological polar surface area (TPSA) is 37.3 Å². The molecule has 3 rings (SSSR count). The van der Waals surface area contributed by atoms with Crippen LogP contribution < -0.4 is 0 Å². The molecule has 0 saturated carbocycles. The average Bonchev–Trinajstić information content (AvgIpc) is 3.17. The molecule has 0 atom stereocenters. The van der Waals surface area contributed by atoms with E-state index in [2.05, 4.69) is 6.08 Å². The highest BCUT2D eigenvalue weighted by Crippen LogP contribution is 2.40. The molecule has 108 valence electrons. The summed E-state index contributed by atoms with van der Waals surface area (Å²) in [5.74, 6) is 0.311. The van der Waals surface area contributed by atoms with Gasteiger partial charge in [-0.05, 0) is 86.5 Å². The average molecular weight is 272 g/mol. The van der Waals surface area contributed by atoms with E-state index in [1.807, 2.05) is 0 Å². The molecule has 0 aromatic heterocycles. The standard InChI is InChI=1S/C18H24O2/c19-12-14-8-3-4-9-15(14)16-10-5-11-17(16)18(20)13-6-1-2-7-13/h6,19H,1-5,7-12H2. The lowest BCUT2D eigenvalue weighted by Crippen LogP contribution is -2.10. The molecule has 0 aliphatic heterocycles. The third-order valence-electron chi connectivity index (χ3n) is 4.96. The quantitative estimate of drug-likeness (QED) is 0.839. The Balaban J connectivity index is 1.95. The number of allylic oxidation sites excluding steroid dienone is 5. The Morgan fingerprint density at radius 2 is 1.75 bits per heavy atom. The fraction of sp³-hybridized carbons (Fsp3) is 0.611. The summed E-state index contributed by atoms with van der Waals surface area (Å²) in [7, 11) is 0. The van der Waals surface area contributed by atoms with Crippen LogP contribution in [0.2, 0.25) is 0 Å². The van der Waals surface area contributed by atoms with Crippen LogP contribution in [0.3, 0.4) is 0 Å². The van der Waals surface area contributed by atoms with Gasteiger partial charge >= 0.3 is 0 Å². The summed E-state index contributed by atoms with van der Waals surface area (Å²) in [5.41, 5.74) is 5.94. The molecule has 1 N–H and O–H groups in total. The highest BCUT2D eigenvalue weighted by molar-refractivity contribution is 6.09. The number of rotatable bonds is 4. The second-order valence-corrected chi connectivity index (χ2v) is 6.21. The minimum absolute atomic E-state index is 0.170. The molecule has 0 unspecified atom stereocenters. The van der Waals surface area contributed by atoms with Gasteiger partial charge in [0, 0.05) is 5.57 Å². The van der Waals surface area contributed by atoms with E-state index >= 15 is 0 Å². The van der Waals surface area contributed by atoms with Crippen molar-refractivity contribution in [3.05, 3.63) is 33.9 Å². The van der Waals surface area contributed by atoms with Gasteiger partial charge in [0.1, 0.15) is 0 Å². The van der Waals surface area contributed by atoms with Crippen LogP contribution in [0.5, 0.6) is 0 Å². The minimum atomic E-state index is 0.170. The Morgan fingerprint density at radius 1 is 0.950 bits per heavy atom. The Bertz CT molecular complexity index is 506. The van der Waals surface area contributed by atoms with Gasteiger partial charge in [-0.15, -0.1) is 0 Å². The van der Waals surface area contributed by atoms with Gasteiger partial charge in [0.15, 0.2) is 5.78 Å². The van der Waals surface area contributed by atoms with Crippen molar-refractivity contribution < 1.29 is 9.90 Å². The van der Waals surface area contributed by atoms with Crippen molar-refractivity contribution in [2.75, 3.05) is 6.61 Å². The molecular formula is C18H24O2. The van der Waals surface area contributed by atoms with Crippen LogP contribution in [-0.4, -0.2) is 17.5 Å². The zero-order valence-electron chi connectivity index (χ0n) is 12.2. The molecule has 0 fully saturated rings. The summed E-state index contributed by atoms with van der Waals surface area (Å²) in [6.45, 7) is 0.170. The van der Waals surface area contributed by atoms with E-state index < -0.39 is 0 Å². The van der Waals surface area contributed by atoms with E-state index in [1.54, 1.807) is 0 Å². The molecule has 0 spiro atoms. The molecule has 0 radical (unpaired) electrons. The largest absolute Gasteiger partial charge is 0.392 e. The van der Waals surface area contributed by atoms with Crippen molar-refractivity contribution in [1.29, 1.82) is 0 Å². The molecule has 3 aliphatic rings. The number of carbonyl (C=O) groups excluding carboxylic acids is 1. The zero-order valence-corrected chi connectivity index (χ0v) is 12.2. The maximum absolute atomic E-state index is 12.7. The molecule has 0 saturated heterocycles. The fourth-order valence-electron chi connectivity index (χ4n) is 3.90. The molecule has 0 amide bonds. The number of aliphatic hydroxyl groups excluding tert-OH is 1. The van der Waals surface area contributed by atoms with E-state index in [0.29, 0.717) is 5.78 Å². The van der Waals surface area contributed by atoms with Gasteiger partial charge in [-0.1, -0.05) is 6.08 Å². The summed E-state index contributed by atoms with van der Waals surface area (Å²) >= 11 is 0. The minimum Gasteiger partial charge on any atom is -0.392 e. The van der Waals surface area contributed by atoms with Gasteiger partial charge in [-0.3, -0.25) is 4.79 Å². The van der Waals surface area contributed by atoms with E-state index in [-0.39, 0.29) is 6.61 Å². The molecule has 0 aromatic rings. The number of hydrogen-bond acceptors (Lipinski definition) is 2. The summed E-state index contributed by atoms with van der Waals surface area (Å²) in [6.07, 6.45) is 12.8. The molecule has 0 aromatic carbocycles. The molecule has 2 nitrogen and oxygen atoms in total. The van der Waals surface area contributed by atoms with Crippen molar-refractivity contribution in [3.8, 4) is 0 Å². The Kier molecular flexibility index (Phi) is 4.21. The van der Waals surface area contributed by atoms with Crippen LogP contribution in [0.4, 0.5) is 0 Å². The predicted octanol–water partition coefficient (Wildman–Crippen LogP) is 4.01. The lowest BCUT2D eigenvalue weighted by Gasteiger charge is -2.21. The smallest absolute Gasteiger partial charge is 0.184 e. The maximum Gasteiger partial charge on any atom is 0.184 e. The molecular weight excluding hydrogens is 248 g/mol. The third-order valence-corrected chi connectivity index (χ3v) is 4.96. The lowest BCUT2D eigenvalue weighted by atomic mass is 9.85. The van der Waals surface area contributed by atoms with E-state index in [0.717, 1.165) is 62.5 Å². The molecule has 2 heteroatoms. The van der Waals surface area contributed by atoms with E-state index in [1.165, 1.54) is 29.6 Å². The van der Waals surface area contributed by atoms with Gasteiger partial charge in [-0.2, -0.15) is 0 Å². The Morgan fingerprint density at radius 3 is 2.50 bits per heavy atom. The molecule has 0 bridgehead atoms. The van der Waals surface area contributed by atoms with Crippen LogP contribution in [0.25, 0.3) is 0 Å². The second-order valence-electron chi connectivity index (χ2n) is 6.21. The second kappa shape index (κ2) is 6.09. The first-order chi connectivity index (χ1) is 9.81. The predicted molar refractivity (Wildman–Crippen MR) is 80.4 cm³/mol. The number of hydrogen-bond donors (Lipinski definition) is 1. The first-order valence-electron chi connectivity index (χ1n) is 8.09. The van der Waals surface area contributed by atoms with Crippen LogP contribution in [-0.2, 0) is 4.79 Å². The normalized spacial score (nSPS) is 23.6. The van der Waals surface area contributed by atoms with Gasteiger partial charge in [0.25, 0.3) is 0 Å². The van der Waals surface area contributed by atoms with Crippen molar-refractivity contribution in [2.24, 2.45) is 0 Å². The highest BCUT2D eigenvalue weighted by Gasteiger charge is 2.27. The SMILES string of the molecule is O=C(C1=CCCC1)C1=C(C2=C(CO)CCCC2)CCC1. The Labute approximate surface area is 121 Å². The van der Waals surface area contributed by atoms with Crippen LogP contribution in [0.1, 0.15) is 64.2 Å². The lowest BCUT2D eigenvalue weighted by molar-refractivity contribution is -0.112. The zero-order chi connectivity index (χ0) is 13.9. The monoisotopic (exact) mass is 272 g/mol. The van der Waals surface area contributed by atoms with Gasteiger partial charge in [-0.25, -0.2) is 0 Å². The molecule has 3 aliphatic carbocycles.